The van der Waals surface area contributed by atoms with Crippen molar-refractivity contribution in [3.63, 3.8) is 0 Å². The zero-order valence-electron chi connectivity index (χ0n) is 7.82. The molecule has 2 rings (SSSR count). The SMILES string of the molecule is Cl.c1ccc(N=Nc2ccccn2)nc1. The molecule has 0 aliphatic rings. The van der Waals surface area contributed by atoms with E-state index in [1.807, 2.05) is 24.3 Å². The quantitative estimate of drug-likeness (QED) is 0.729. The van der Waals surface area contributed by atoms with Crippen LogP contribution in [0.15, 0.2) is 59.0 Å². The smallest absolute Gasteiger partial charge is 0.174 e. The Balaban J connectivity index is 0.00000112. The van der Waals surface area contributed by atoms with E-state index in [9.17, 15) is 0 Å². The molecule has 0 spiro atoms. The molecule has 0 atom stereocenters. The number of azo groups is 1. The fourth-order valence-corrected chi connectivity index (χ4v) is 0.928. The van der Waals surface area contributed by atoms with Crippen LogP contribution in [0.5, 0.6) is 0 Å². The third-order valence-corrected chi connectivity index (χ3v) is 1.55. The lowest BCUT2D eigenvalue weighted by Gasteiger charge is -1.89. The fraction of sp³-hybridized carbons (Fsp3) is 0. The number of hydrogen-bond acceptors (Lipinski definition) is 4. The average molecular weight is 221 g/mol. The van der Waals surface area contributed by atoms with E-state index in [-0.39, 0.29) is 12.4 Å². The predicted molar refractivity (Wildman–Crippen MR) is 59.9 cm³/mol. The van der Waals surface area contributed by atoms with E-state index in [0.717, 1.165) is 0 Å². The van der Waals surface area contributed by atoms with Crippen molar-refractivity contribution >= 4 is 24.0 Å². The largest absolute Gasteiger partial charge is 0.236 e. The Morgan fingerprint density at radius 3 is 1.53 bits per heavy atom. The fourth-order valence-electron chi connectivity index (χ4n) is 0.928. The molecule has 76 valence electrons. The molecule has 5 heteroatoms. The number of hydrogen-bond donors (Lipinski definition) is 0. The monoisotopic (exact) mass is 220 g/mol. The second-order valence-electron chi connectivity index (χ2n) is 2.58. The zero-order chi connectivity index (χ0) is 9.64. The van der Waals surface area contributed by atoms with Crippen LogP contribution >= 0.6 is 12.4 Å². The molecule has 4 nitrogen and oxygen atoms in total. The maximum atomic E-state index is 4.01. The standard InChI is InChI=1S/C10H8N4.ClH/c1-3-7-11-9(5-1)13-14-10-6-2-4-8-12-10;/h1-8H;1H. The van der Waals surface area contributed by atoms with Gasteiger partial charge in [-0.1, -0.05) is 12.1 Å². The van der Waals surface area contributed by atoms with Gasteiger partial charge in [0.05, 0.1) is 0 Å². The Kier molecular flexibility index (Phi) is 4.37. The van der Waals surface area contributed by atoms with Crippen molar-refractivity contribution in [2.24, 2.45) is 10.2 Å². The van der Waals surface area contributed by atoms with Gasteiger partial charge in [0, 0.05) is 12.4 Å². The Morgan fingerprint density at radius 2 is 1.20 bits per heavy atom. The first-order chi connectivity index (χ1) is 6.95. The van der Waals surface area contributed by atoms with Crippen molar-refractivity contribution in [3.05, 3.63) is 48.8 Å². The maximum absolute atomic E-state index is 4.01. The summed E-state index contributed by atoms with van der Waals surface area (Å²) in [6.45, 7) is 0. The second-order valence-corrected chi connectivity index (χ2v) is 2.58. The Labute approximate surface area is 93.5 Å². The first-order valence-corrected chi connectivity index (χ1v) is 4.19. The lowest BCUT2D eigenvalue weighted by Crippen LogP contribution is -1.71. The molecule has 0 saturated heterocycles. The molecule has 0 saturated carbocycles. The summed E-state index contributed by atoms with van der Waals surface area (Å²) in [7, 11) is 0. The van der Waals surface area contributed by atoms with Crippen LogP contribution in [-0.4, -0.2) is 9.97 Å². The van der Waals surface area contributed by atoms with Gasteiger partial charge in [0.2, 0.25) is 0 Å². The van der Waals surface area contributed by atoms with Crippen LogP contribution in [-0.2, 0) is 0 Å². The minimum atomic E-state index is 0. The molecule has 2 aromatic heterocycles. The highest BCUT2D eigenvalue weighted by molar-refractivity contribution is 5.85. The van der Waals surface area contributed by atoms with Crippen molar-refractivity contribution in [3.8, 4) is 0 Å². The minimum absolute atomic E-state index is 0. The van der Waals surface area contributed by atoms with Crippen LogP contribution in [0.4, 0.5) is 11.6 Å². The minimum Gasteiger partial charge on any atom is -0.236 e. The van der Waals surface area contributed by atoms with Crippen molar-refractivity contribution in [2.45, 2.75) is 0 Å². The molecule has 0 bridgehead atoms. The molecular weight excluding hydrogens is 212 g/mol. The van der Waals surface area contributed by atoms with Gasteiger partial charge >= 0.3 is 0 Å². The van der Waals surface area contributed by atoms with Gasteiger partial charge in [0.25, 0.3) is 0 Å². The van der Waals surface area contributed by atoms with Crippen LogP contribution < -0.4 is 0 Å². The van der Waals surface area contributed by atoms with E-state index in [4.69, 9.17) is 0 Å². The summed E-state index contributed by atoms with van der Waals surface area (Å²) >= 11 is 0. The highest BCUT2D eigenvalue weighted by Crippen LogP contribution is 2.11. The number of rotatable bonds is 2. The number of halogens is 1. The highest BCUT2D eigenvalue weighted by Gasteiger charge is 1.88. The summed E-state index contributed by atoms with van der Waals surface area (Å²) < 4.78 is 0. The van der Waals surface area contributed by atoms with Crippen molar-refractivity contribution < 1.29 is 0 Å². The molecule has 0 amide bonds. The molecule has 0 aliphatic heterocycles. The van der Waals surface area contributed by atoms with E-state index < -0.39 is 0 Å². The normalized spacial score (nSPS) is 9.87. The van der Waals surface area contributed by atoms with Gasteiger partial charge in [-0.05, 0) is 24.3 Å². The van der Waals surface area contributed by atoms with Crippen LogP contribution in [0.25, 0.3) is 0 Å². The Hall–Kier alpha value is -1.81. The number of nitrogens with zero attached hydrogens (tertiary/aromatic N) is 4. The summed E-state index contributed by atoms with van der Waals surface area (Å²) in [5.41, 5.74) is 0. The van der Waals surface area contributed by atoms with Gasteiger partial charge in [-0.15, -0.1) is 22.6 Å². The van der Waals surface area contributed by atoms with E-state index in [0.29, 0.717) is 11.6 Å². The molecule has 0 aromatic carbocycles. The van der Waals surface area contributed by atoms with E-state index in [2.05, 4.69) is 20.2 Å². The van der Waals surface area contributed by atoms with Gasteiger partial charge in [0.15, 0.2) is 11.6 Å². The maximum Gasteiger partial charge on any atom is 0.174 e. The van der Waals surface area contributed by atoms with Gasteiger partial charge in [0.1, 0.15) is 0 Å². The first kappa shape index (κ1) is 11.3. The summed E-state index contributed by atoms with van der Waals surface area (Å²) in [6.07, 6.45) is 3.35. The molecular formula is C10H9ClN4. The van der Waals surface area contributed by atoms with Crippen LogP contribution in [0, 0.1) is 0 Å². The topological polar surface area (TPSA) is 50.5 Å². The van der Waals surface area contributed by atoms with Gasteiger partial charge in [-0.3, -0.25) is 0 Å². The Bertz CT molecular complexity index is 374. The second kappa shape index (κ2) is 5.82. The van der Waals surface area contributed by atoms with Crippen LogP contribution in [0.2, 0.25) is 0 Å². The van der Waals surface area contributed by atoms with Gasteiger partial charge in [-0.25, -0.2) is 9.97 Å². The molecule has 0 unspecified atom stereocenters. The number of pyridine rings is 2. The van der Waals surface area contributed by atoms with E-state index >= 15 is 0 Å². The molecule has 2 aromatic rings. The summed E-state index contributed by atoms with van der Waals surface area (Å²) in [6, 6.07) is 11.0. The van der Waals surface area contributed by atoms with Gasteiger partial charge in [-0.2, -0.15) is 0 Å². The third-order valence-electron chi connectivity index (χ3n) is 1.55. The predicted octanol–water partition coefficient (Wildman–Crippen LogP) is 3.31. The van der Waals surface area contributed by atoms with Crippen molar-refractivity contribution in [1.82, 2.24) is 9.97 Å². The Morgan fingerprint density at radius 1 is 0.733 bits per heavy atom. The average Bonchev–Trinajstić information content (AvgIpc) is 2.29. The lowest BCUT2D eigenvalue weighted by atomic mass is 10.5. The van der Waals surface area contributed by atoms with E-state index in [1.165, 1.54) is 0 Å². The molecule has 0 N–H and O–H groups in total. The third kappa shape index (κ3) is 3.44. The van der Waals surface area contributed by atoms with Crippen LogP contribution in [0.1, 0.15) is 0 Å². The molecule has 0 fully saturated rings. The van der Waals surface area contributed by atoms with Crippen molar-refractivity contribution in [1.29, 1.82) is 0 Å². The van der Waals surface area contributed by atoms with E-state index in [1.54, 1.807) is 24.5 Å². The van der Waals surface area contributed by atoms with Crippen LogP contribution in [0.3, 0.4) is 0 Å². The highest BCUT2D eigenvalue weighted by atomic mass is 35.5. The summed E-state index contributed by atoms with van der Waals surface area (Å²) in [5.74, 6) is 1.16. The molecule has 0 radical (unpaired) electrons. The number of aromatic nitrogens is 2. The van der Waals surface area contributed by atoms with Gasteiger partial charge < -0.3 is 0 Å². The summed E-state index contributed by atoms with van der Waals surface area (Å²) in [4.78, 5) is 8.01. The molecule has 15 heavy (non-hydrogen) atoms. The molecule has 0 aliphatic carbocycles. The zero-order valence-corrected chi connectivity index (χ0v) is 8.63. The first-order valence-electron chi connectivity index (χ1n) is 4.19. The van der Waals surface area contributed by atoms with Crippen molar-refractivity contribution in [2.75, 3.05) is 0 Å². The summed E-state index contributed by atoms with van der Waals surface area (Å²) in [5, 5.41) is 7.86. The molecule has 2 heterocycles. The lowest BCUT2D eigenvalue weighted by molar-refractivity contribution is 1.11.